The first-order chi connectivity index (χ1) is 9.89. The van der Waals surface area contributed by atoms with Crippen LogP contribution in [0.2, 0.25) is 0 Å². The molecule has 0 spiro atoms. The van der Waals surface area contributed by atoms with Crippen LogP contribution in [0, 0.1) is 13.8 Å². The summed E-state index contributed by atoms with van der Waals surface area (Å²) in [6.07, 6.45) is 0. The van der Waals surface area contributed by atoms with Gasteiger partial charge in [0.25, 0.3) is 0 Å². The number of hydrogen-bond donors (Lipinski definition) is 2. The molecule has 7 nitrogen and oxygen atoms in total. The molecule has 0 atom stereocenters. The van der Waals surface area contributed by atoms with E-state index in [1.807, 2.05) is 20.9 Å². The molecule has 0 saturated carbocycles. The maximum atomic E-state index is 12.1. The van der Waals surface area contributed by atoms with E-state index in [0.717, 1.165) is 43.1 Å². The van der Waals surface area contributed by atoms with Gasteiger partial charge in [0.05, 0.1) is 11.4 Å². The smallest absolute Gasteiger partial charge is 0.213 e. The first-order valence-corrected chi connectivity index (χ1v) is 8.94. The summed E-state index contributed by atoms with van der Waals surface area (Å²) in [6, 6.07) is 0. The largest absolute Gasteiger partial charge is 0.314 e. The molecule has 0 aromatic carbocycles. The van der Waals surface area contributed by atoms with Crippen molar-refractivity contribution in [1.82, 2.24) is 24.7 Å². The van der Waals surface area contributed by atoms with Crippen LogP contribution in [0.1, 0.15) is 17.0 Å². The van der Waals surface area contributed by atoms with Crippen LogP contribution in [-0.4, -0.2) is 61.6 Å². The molecule has 0 bridgehead atoms. The number of aromatic nitrogens is 2. The predicted molar refractivity (Wildman–Crippen MR) is 82.6 cm³/mol. The number of hydrogen-bond acceptors (Lipinski definition) is 5. The molecule has 0 unspecified atom stereocenters. The molecular weight excluding hydrogens is 290 g/mol. The van der Waals surface area contributed by atoms with Gasteiger partial charge in [-0.05, 0) is 13.8 Å². The second-order valence-corrected chi connectivity index (χ2v) is 7.43. The third-order valence-electron chi connectivity index (χ3n) is 4.01. The topological polar surface area (TPSA) is 79.3 Å². The Bertz CT molecular complexity index is 576. The van der Waals surface area contributed by atoms with Gasteiger partial charge in [-0.3, -0.25) is 9.58 Å². The summed E-state index contributed by atoms with van der Waals surface area (Å²) in [4.78, 5) is 2.18. The van der Waals surface area contributed by atoms with Crippen molar-refractivity contribution in [1.29, 1.82) is 0 Å². The first-order valence-electron chi connectivity index (χ1n) is 7.28. The molecule has 2 heterocycles. The Labute approximate surface area is 126 Å². The van der Waals surface area contributed by atoms with E-state index in [2.05, 4.69) is 20.0 Å². The molecule has 21 heavy (non-hydrogen) atoms. The third-order valence-corrected chi connectivity index (χ3v) is 5.32. The average Bonchev–Trinajstić information content (AvgIpc) is 2.69. The van der Waals surface area contributed by atoms with Crippen molar-refractivity contribution in [3.8, 4) is 0 Å². The molecule has 2 N–H and O–H groups in total. The Morgan fingerprint density at radius 2 is 1.95 bits per heavy atom. The lowest BCUT2D eigenvalue weighted by Gasteiger charge is -2.26. The summed E-state index contributed by atoms with van der Waals surface area (Å²) in [5.41, 5.74) is 2.83. The number of piperazine rings is 1. The van der Waals surface area contributed by atoms with Crippen LogP contribution >= 0.6 is 0 Å². The normalized spacial score (nSPS) is 17.3. The fourth-order valence-corrected chi connectivity index (χ4v) is 3.52. The van der Waals surface area contributed by atoms with E-state index in [1.165, 1.54) is 0 Å². The molecule has 2 rings (SSSR count). The predicted octanol–water partition coefficient (Wildman–Crippen LogP) is -0.638. The molecule has 1 saturated heterocycles. The number of sulfonamides is 1. The van der Waals surface area contributed by atoms with E-state index >= 15 is 0 Å². The molecule has 1 aliphatic heterocycles. The van der Waals surface area contributed by atoms with Crippen molar-refractivity contribution in [2.75, 3.05) is 38.5 Å². The van der Waals surface area contributed by atoms with Crippen LogP contribution in [-0.2, 0) is 23.6 Å². The summed E-state index contributed by atoms with van der Waals surface area (Å²) in [6.45, 7) is 8.44. The van der Waals surface area contributed by atoms with Crippen molar-refractivity contribution >= 4 is 10.0 Å². The molecule has 1 aromatic rings. The zero-order valence-corrected chi connectivity index (χ0v) is 13.8. The summed E-state index contributed by atoms with van der Waals surface area (Å²) >= 11 is 0. The van der Waals surface area contributed by atoms with Gasteiger partial charge in [0.2, 0.25) is 10.0 Å². The lowest BCUT2D eigenvalue weighted by molar-refractivity contribution is 0.253. The number of rotatable bonds is 6. The fraction of sp³-hybridized carbons (Fsp3) is 0.769. The van der Waals surface area contributed by atoms with Gasteiger partial charge in [-0.25, -0.2) is 13.1 Å². The Hall–Kier alpha value is -0.960. The molecule has 8 heteroatoms. The molecule has 0 radical (unpaired) electrons. The van der Waals surface area contributed by atoms with Crippen LogP contribution in [0.3, 0.4) is 0 Å². The third kappa shape index (κ3) is 4.50. The standard InChI is InChI=1S/C13H25N5O2S/c1-11-13(12(2)17(3)16-11)10-15-21(19,20)9-8-18-6-4-14-5-7-18/h14-15H,4-10H2,1-3H3. The quantitative estimate of drug-likeness (QED) is 0.730. The van der Waals surface area contributed by atoms with Crippen LogP contribution in [0.5, 0.6) is 0 Å². The number of aryl methyl sites for hydroxylation is 2. The van der Waals surface area contributed by atoms with E-state index in [1.54, 1.807) is 4.68 Å². The van der Waals surface area contributed by atoms with Crippen molar-refractivity contribution in [2.45, 2.75) is 20.4 Å². The van der Waals surface area contributed by atoms with E-state index < -0.39 is 10.0 Å². The maximum Gasteiger partial charge on any atom is 0.213 e. The summed E-state index contributed by atoms with van der Waals surface area (Å²) in [7, 11) is -1.39. The molecule has 120 valence electrons. The van der Waals surface area contributed by atoms with Gasteiger partial charge in [-0.15, -0.1) is 0 Å². The second kappa shape index (κ2) is 6.87. The second-order valence-electron chi connectivity index (χ2n) is 5.50. The SMILES string of the molecule is Cc1nn(C)c(C)c1CNS(=O)(=O)CCN1CCNCC1. The van der Waals surface area contributed by atoms with E-state index in [0.29, 0.717) is 13.1 Å². The van der Waals surface area contributed by atoms with Crippen LogP contribution in [0.25, 0.3) is 0 Å². The molecular formula is C13H25N5O2S. The van der Waals surface area contributed by atoms with Gasteiger partial charge in [0.15, 0.2) is 0 Å². The monoisotopic (exact) mass is 315 g/mol. The highest BCUT2D eigenvalue weighted by Gasteiger charge is 2.17. The van der Waals surface area contributed by atoms with Crippen LogP contribution in [0.4, 0.5) is 0 Å². The minimum atomic E-state index is -3.25. The zero-order valence-electron chi connectivity index (χ0n) is 13.0. The summed E-state index contributed by atoms with van der Waals surface area (Å²) in [5, 5.41) is 7.55. The van der Waals surface area contributed by atoms with Gasteiger partial charge in [0, 0.05) is 57.6 Å². The molecule has 0 amide bonds. The molecule has 0 aliphatic carbocycles. The Morgan fingerprint density at radius 1 is 1.29 bits per heavy atom. The highest BCUT2D eigenvalue weighted by Crippen LogP contribution is 2.11. The average molecular weight is 315 g/mol. The summed E-state index contributed by atoms with van der Waals surface area (Å²) < 4.78 is 28.7. The minimum absolute atomic E-state index is 0.144. The van der Waals surface area contributed by atoms with Gasteiger partial charge < -0.3 is 5.32 Å². The summed E-state index contributed by atoms with van der Waals surface area (Å²) in [5.74, 6) is 0.144. The highest BCUT2D eigenvalue weighted by atomic mass is 32.2. The Morgan fingerprint density at radius 3 is 2.52 bits per heavy atom. The van der Waals surface area contributed by atoms with Crippen molar-refractivity contribution in [2.24, 2.45) is 7.05 Å². The van der Waals surface area contributed by atoms with E-state index in [4.69, 9.17) is 0 Å². The zero-order chi connectivity index (χ0) is 15.5. The highest BCUT2D eigenvalue weighted by molar-refractivity contribution is 7.89. The van der Waals surface area contributed by atoms with E-state index in [9.17, 15) is 8.42 Å². The first kappa shape index (κ1) is 16.4. The van der Waals surface area contributed by atoms with Crippen molar-refractivity contribution < 1.29 is 8.42 Å². The maximum absolute atomic E-state index is 12.1. The lowest BCUT2D eigenvalue weighted by atomic mass is 10.2. The number of nitrogens with one attached hydrogen (secondary N) is 2. The van der Waals surface area contributed by atoms with Gasteiger partial charge >= 0.3 is 0 Å². The van der Waals surface area contributed by atoms with Gasteiger partial charge in [-0.1, -0.05) is 0 Å². The van der Waals surface area contributed by atoms with Crippen LogP contribution in [0.15, 0.2) is 0 Å². The Balaban J connectivity index is 1.86. The van der Waals surface area contributed by atoms with E-state index in [-0.39, 0.29) is 5.75 Å². The van der Waals surface area contributed by atoms with Crippen molar-refractivity contribution in [3.05, 3.63) is 17.0 Å². The molecule has 1 aliphatic rings. The minimum Gasteiger partial charge on any atom is -0.314 e. The van der Waals surface area contributed by atoms with Crippen molar-refractivity contribution in [3.63, 3.8) is 0 Å². The lowest BCUT2D eigenvalue weighted by Crippen LogP contribution is -2.45. The fourth-order valence-electron chi connectivity index (χ4n) is 2.51. The van der Waals surface area contributed by atoms with Crippen LogP contribution < -0.4 is 10.0 Å². The Kier molecular flexibility index (Phi) is 5.37. The number of nitrogens with zero attached hydrogens (tertiary/aromatic N) is 3. The molecule has 1 fully saturated rings. The molecule has 1 aromatic heterocycles. The van der Waals surface area contributed by atoms with Gasteiger partial charge in [-0.2, -0.15) is 5.10 Å². The van der Waals surface area contributed by atoms with Gasteiger partial charge in [0.1, 0.15) is 0 Å².